The second-order valence-electron chi connectivity index (χ2n) is 7.76. The van der Waals surface area contributed by atoms with Crippen LogP contribution in [0.2, 0.25) is 0 Å². The maximum Gasteiger partial charge on any atom is 0.287 e. The van der Waals surface area contributed by atoms with Gasteiger partial charge >= 0.3 is 0 Å². The molecular weight excluding hydrogens is 397 g/mol. The van der Waals surface area contributed by atoms with Crippen molar-refractivity contribution in [1.82, 2.24) is 5.32 Å². The van der Waals surface area contributed by atoms with Crippen molar-refractivity contribution in [3.63, 3.8) is 0 Å². The van der Waals surface area contributed by atoms with Gasteiger partial charge in [0.2, 0.25) is 0 Å². The number of carbonyl (C=O) groups excluding carboxylic acids is 2. The molecule has 3 aromatic rings. The van der Waals surface area contributed by atoms with Gasteiger partial charge in [0.1, 0.15) is 17.3 Å². The van der Waals surface area contributed by atoms with Crippen LogP contribution in [0.25, 0.3) is 0 Å². The van der Waals surface area contributed by atoms with Crippen molar-refractivity contribution < 1.29 is 23.1 Å². The van der Waals surface area contributed by atoms with Gasteiger partial charge in [-0.05, 0) is 55.2 Å². The van der Waals surface area contributed by atoms with Gasteiger partial charge in [-0.3, -0.25) is 9.59 Å². The van der Waals surface area contributed by atoms with Gasteiger partial charge in [0.15, 0.2) is 11.5 Å². The summed E-state index contributed by atoms with van der Waals surface area (Å²) in [5, 5.41) is 3.04. The number of furan rings is 1. The fourth-order valence-corrected chi connectivity index (χ4v) is 4.03. The molecule has 2 aromatic carbocycles. The molecule has 4 rings (SSSR count). The maximum atomic E-state index is 13.3. The molecule has 0 aliphatic heterocycles. The third-order valence-corrected chi connectivity index (χ3v) is 5.69. The Morgan fingerprint density at radius 2 is 1.84 bits per heavy atom. The van der Waals surface area contributed by atoms with Crippen LogP contribution in [-0.4, -0.2) is 18.8 Å². The number of halogens is 1. The topological polar surface area (TPSA) is 68.5 Å². The van der Waals surface area contributed by atoms with Crippen molar-refractivity contribution >= 4 is 11.7 Å². The van der Waals surface area contributed by atoms with E-state index in [2.05, 4.69) is 5.32 Å². The minimum absolute atomic E-state index is 0.0274. The second-order valence-corrected chi connectivity index (χ2v) is 7.76. The average molecular weight is 421 g/mol. The average Bonchev–Trinajstić information content (AvgIpc) is 3.12. The number of Topliss-reactive ketones (excluding diaryl/α,β-unsaturated/α-hetero) is 1. The predicted octanol–water partition coefficient (Wildman–Crippen LogP) is 4.97. The van der Waals surface area contributed by atoms with Crippen LogP contribution in [0, 0.1) is 12.7 Å². The molecule has 0 radical (unpaired) electrons. The lowest BCUT2D eigenvalue weighted by molar-refractivity contribution is 0.0903. The lowest BCUT2D eigenvalue weighted by Gasteiger charge is -2.19. The van der Waals surface area contributed by atoms with E-state index in [0.717, 1.165) is 17.5 Å². The Bertz CT molecular complexity index is 1100. The van der Waals surface area contributed by atoms with Gasteiger partial charge in [-0.25, -0.2) is 4.39 Å². The zero-order valence-corrected chi connectivity index (χ0v) is 17.5. The quantitative estimate of drug-likeness (QED) is 0.610. The van der Waals surface area contributed by atoms with E-state index >= 15 is 0 Å². The first-order chi connectivity index (χ1) is 15.0. The van der Waals surface area contributed by atoms with Gasteiger partial charge < -0.3 is 14.5 Å². The van der Waals surface area contributed by atoms with Gasteiger partial charge in [0, 0.05) is 18.4 Å². The molecule has 0 saturated carbocycles. The first kappa shape index (κ1) is 20.8. The highest BCUT2D eigenvalue weighted by Crippen LogP contribution is 2.30. The number of hydrogen-bond donors (Lipinski definition) is 1. The Labute approximate surface area is 180 Å². The Kier molecular flexibility index (Phi) is 5.89. The van der Waals surface area contributed by atoms with Crippen LogP contribution in [0.5, 0.6) is 5.75 Å². The fraction of sp³-hybridized carbons (Fsp3) is 0.280. The van der Waals surface area contributed by atoms with Gasteiger partial charge in [-0.2, -0.15) is 0 Å². The summed E-state index contributed by atoms with van der Waals surface area (Å²) in [6.07, 6.45) is 2.34. The third kappa shape index (κ3) is 4.38. The molecule has 1 N–H and O–H groups in total. The normalized spacial score (nSPS) is 14.1. The molecule has 1 aromatic heterocycles. The molecule has 5 nitrogen and oxygen atoms in total. The molecule has 1 amide bonds. The molecule has 1 aliphatic carbocycles. The number of nitrogens with one attached hydrogen (secondary N) is 1. The molecule has 1 unspecified atom stereocenters. The molecule has 1 atom stereocenters. The minimum atomic E-state index is -0.374. The summed E-state index contributed by atoms with van der Waals surface area (Å²) in [7, 11) is 1.59. The van der Waals surface area contributed by atoms with Crippen molar-refractivity contribution in [2.24, 2.45) is 0 Å². The summed E-state index contributed by atoms with van der Waals surface area (Å²) in [6, 6.07) is 13.3. The first-order valence-corrected chi connectivity index (χ1v) is 10.3. The number of hydrogen-bond acceptors (Lipinski definition) is 4. The molecule has 0 fully saturated rings. The van der Waals surface area contributed by atoms with Crippen LogP contribution < -0.4 is 10.1 Å². The number of rotatable bonds is 6. The van der Waals surface area contributed by atoms with E-state index in [9.17, 15) is 14.0 Å². The van der Waals surface area contributed by atoms with Crippen LogP contribution in [0.3, 0.4) is 0 Å². The van der Waals surface area contributed by atoms with Crippen LogP contribution in [-0.2, 0) is 12.8 Å². The minimum Gasteiger partial charge on any atom is -0.497 e. The summed E-state index contributed by atoms with van der Waals surface area (Å²) < 4.78 is 24.4. The molecule has 6 heteroatoms. The predicted molar refractivity (Wildman–Crippen MR) is 114 cm³/mol. The summed E-state index contributed by atoms with van der Waals surface area (Å²) in [5.74, 6) is 0.831. The first-order valence-electron chi connectivity index (χ1n) is 10.3. The highest BCUT2D eigenvalue weighted by Gasteiger charge is 2.29. The third-order valence-electron chi connectivity index (χ3n) is 5.69. The van der Waals surface area contributed by atoms with Crippen LogP contribution in [0.1, 0.15) is 62.2 Å². The SMILES string of the molecule is COc1ccc(C(Cc2ccc(F)cc2)NC(=O)c2oc3c(c2C)C(=O)CCC3)cc1. The molecule has 0 saturated heterocycles. The zero-order chi connectivity index (χ0) is 22.0. The summed E-state index contributed by atoms with van der Waals surface area (Å²) in [5.41, 5.74) is 2.90. The molecule has 0 bridgehead atoms. The lowest BCUT2D eigenvalue weighted by atomic mass is 9.94. The van der Waals surface area contributed by atoms with E-state index in [4.69, 9.17) is 9.15 Å². The van der Waals surface area contributed by atoms with Gasteiger partial charge in [0.05, 0.1) is 18.7 Å². The van der Waals surface area contributed by atoms with Crippen molar-refractivity contribution in [1.29, 1.82) is 0 Å². The second kappa shape index (κ2) is 8.76. The van der Waals surface area contributed by atoms with Crippen LogP contribution >= 0.6 is 0 Å². The van der Waals surface area contributed by atoms with E-state index in [1.54, 1.807) is 26.2 Å². The Morgan fingerprint density at radius 3 is 2.48 bits per heavy atom. The fourth-order valence-electron chi connectivity index (χ4n) is 4.03. The number of benzene rings is 2. The lowest BCUT2D eigenvalue weighted by Crippen LogP contribution is -2.30. The van der Waals surface area contributed by atoms with Crippen LogP contribution in [0.15, 0.2) is 52.9 Å². The van der Waals surface area contributed by atoms with E-state index in [-0.39, 0.29) is 29.3 Å². The number of ether oxygens (including phenoxy) is 1. The highest BCUT2D eigenvalue weighted by molar-refractivity contribution is 6.03. The van der Waals surface area contributed by atoms with E-state index in [1.165, 1.54) is 12.1 Å². The van der Waals surface area contributed by atoms with Gasteiger partial charge in [-0.1, -0.05) is 24.3 Å². The molecular formula is C25H24FNO4. The summed E-state index contributed by atoms with van der Waals surface area (Å²) in [4.78, 5) is 25.4. The van der Waals surface area contributed by atoms with Crippen molar-refractivity contribution in [3.05, 3.63) is 88.1 Å². The summed E-state index contributed by atoms with van der Waals surface area (Å²) >= 11 is 0. The number of ketones is 1. The number of carbonyl (C=O) groups is 2. The van der Waals surface area contributed by atoms with Gasteiger partial charge in [0.25, 0.3) is 5.91 Å². The van der Waals surface area contributed by atoms with E-state index < -0.39 is 0 Å². The van der Waals surface area contributed by atoms with E-state index in [0.29, 0.717) is 41.9 Å². The summed E-state index contributed by atoms with van der Waals surface area (Å²) in [6.45, 7) is 1.75. The maximum absolute atomic E-state index is 13.3. The Hall–Kier alpha value is -3.41. The number of methoxy groups -OCH3 is 1. The van der Waals surface area contributed by atoms with E-state index in [1.807, 2.05) is 24.3 Å². The van der Waals surface area contributed by atoms with Crippen molar-refractivity contribution in [2.45, 2.75) is 38.6 Å². The van der Waals surface area contributed by atoms with Crippen molar-refractivity contribution in [2.75, 3.05) is 7.11 Å². The number of amides is 1. The largest absolute Gasteiger partial charge is 0.497 e. The highest BCUT2D eigenvalue weighted by atomic mass is 19.1. The number of fused-ring (bicyclic) bond motifs is 1. The number of aryl methyl sites for hydroxylation is 1. The van der Waals surface area contributed by atoms with Gasteiger partial charge in [-0.15, -0.1) is 0 Å². The Balaban J connectivity index is 1.62. The smallest absolute Gasteiger partial charge is 0.287 e. The molecule has 0 spiro atoms. The molecule has 160 valence electrons. The molecule has 1 heterocycles. The Morgan fingerprint density at radius 1 is 1.13 bits per heavy atom. The van der Waals surface area contributed by atoms with Crippen molar-refractivity contribution in [3.8, 4) is 5.75 Å². The monoisotopic (exact) mass is 421 g/mol. The molecule has 31 heavy (non-hydrogen) atoms. The van der Waals surface area contributed by atoms with Crippen LogP contribution in [0.4, 0.5) is 4.39 Å². The zero-order valence-electron chi connectivity index (χ0n) is 17.5. The standard InChI is InChI=1S/C25H24FNO4/c1-15-23-21(28)4-3-5-22(23)31-24(15)25(29)27-20(14-16-6-10-18(26)11-7-16)17-8-12-19(30-2)13-9-17/h6-13,20H,3-5,14H2,1-2H3,(H,27,29). The molecule has 1 aliphatic rings.